The topological polar surface area (TPSA) is 35.5 Å². The Morgan fingerprint density at radius 3 is 2.82 bits per heavy atom. The van der Waals surface area contributed by atoms with Crippen molar-refractivity contribution < 1.29 is 18.7 Å². The minimum absolute atomic E-state index is 0.0737. The Morgan fingerprint density at radius 1 is 1.53 bits per heavy atom. The first kappa shape index (κ1) is 12.0. The number of ether oxygens (including phenoxy) is 2. The predicted octanol–water partition coefficient (Wildman–Crippen LogP) is 2.44. The van der Waals surface area contributed by atoms with Gasteiger partial charge < -0.3 is 9.47 Å². The smallest absolute Gasteiger partial charge is 0.194 e. The van der Waals surface area contributed by atoms with Gasteiger partial charge in [-0.15, -0.1) is 0 Å². The lowest BCUT2D eigenvalue weighted by molar-refractivity contribution is 0.0575. The number of halogens is 1. The number of carbonyl (C=O) groups is 1. The zero-order valence-corrected chi connectivity index (χ0v) is 9.90. The summed E-state index contributed by atoms with van der Waals surface area (Å²) in [6.45, 7) is 2.51. The quantitative estimate of drug-likeness (QED) is 0.759. The number of rotatable bonds is 3. The van der Waals surface area contributed by atoms with Crippen molar-refractivity contribution in [1.82, 2.24) is 0 Å². The molecule has 0 aromatic heterocycles. The molecule has 1 aliphatic rings. The van der Waals surface area contributed by atoms with Crippen LogP contribution in [0.4, 0.5) is 4.39 Å². The fourth-order valence-corrected chi connectivity index (χ4v) is 2.01. The zero-order valence-electron chi connectivity index (χ0n) is 9.90. The minimum atomic E-state index is -0.558. The van der Waals surface area contributed by atoms with Crippen LogP contribution in [-0.4, -0.2) is 25.6 Å². The van der Waals surface area contributed by atoms with Gasteiger partial charge in [-0.2, -0.15) is 0 Å². The standard InChI is InChI=1S/C13H15FO3/c1-8-5-6-17-13(8)12(15)10-4-3-9(16-2)7-11(10)14/h3-4,7-8,13H,5-6H2,1-2H3. The van der Waals surface area contributed by atoms with Crippen LogP contribution < -0.4 is 4.74 Å². The lowest BCUT2D eigenvalue weighted by Crippen LogP contribution is -2.26. The van der Waals surface area contributed by atoms with Gasteiger partial charge in [0.2, 0.25) is 0 Å². The minimum Gasteiger partial charge on any atom is -0.497 e. The highest BCUT2D eigenvalue weighted by atomic mass is 19.1. The Kier molecular flexibility index (Phi) is 3.43. The average Bonchev–Trinajstić information content (AvgIpc) is 2.74. The van der Waals surface area contributed by atoms with Gasteiger partial charge in [0.05, 0.1) is 12.7 Å². The number of carbonyl (C=O) groups excluding carboxylic acids is 1. The molecule has 92 valence electrons. The van der Waals surface area contributed by atoms with E-state index in [1.165, 1.54) is 19.2 Å². The summed E-state index contributed by atoms with van der Waals surface area (Å²) in [6.07, 6.45) is 0.326. The molecule has 0 aliphatic carbocycles. The van der Waals surface area contributed by atoms with Crippen LogP contribution in [0.25, 0.3) is 0 Å². The van der Waals surface area contributed by atoms with Gasteiger partial charge in [-0.05, 0) is 24.5 Å². The molecule has 3 nitrogen and oxygen atoms in total. The van der Waals surface area contributed by atoms with Crippen LogP contribution in [0, 0.1) is 11.7 Å². The molecule has 0 spiro atoms. The summed E-state index contributed by atoms with van der Waals surface area (Å²) in [7, 11) is 1.46. The van der Waals surface area contributed by atoms with Crippen LogP contribution in [0.5, 0.6) is 5.75 Å². The van der Waals surface area contributed by atoms with E-state index < -0.39 is 11.9 Å². The van der Waals surface area contributed by atoms with Crippen molar-refractivity contribution in [3.05, 3.63) is 29.6 Å². The van der Waals surface area contributed by atoms with Gasteiger partial charge in [-0.3, -0.25) is 4.79 Å². The van der Waals surface area contributed by atoms with E-state index in [-0.39, 0.29) is 17.3 Å². The summed E-state index contributed by atoms with van der Waals surface area (Å²) in [5, 5.41) is 0. The van der Waals surface area contributed by atoms with Gasteiger partial charge in [0.15, 0.2) is 5.78 Å². The SMILES string of the molecule is COc1ccc(C(=O)C2OCCC2C)c(F)c1. The summed E-state index contributed by atoms with van der Waals surface area (Å²) in [5.41, 5.74) is 0.0737. The first-order valence-electron chi connectivity index (χ1n) is 5.63. The number of hydrogen-bond acceptors (Lipinski definition) is 3. The number of ketones is 1. The Morgan fingerprint density at radius 2 is 2.29 bits per heavy atom. The molecule has 1 aromatic rings. The summed E-state index contributed by atoms with van der Waals surface area (Å²) < 4.78 is 24.0. The number of hydrogen-bond donors (Lipinski definition) is 0. The average molecular weight is 238 g/mol. The van der Waals surface area contributed by atoms with E-state index in [1.54, 1.807) is 6.07 Å². The molecule has 2 rings (SSSR count). The third-order valence-electron chi connectivity index (χ3n) is 3.09. The zero-order chi connectivity index (χ0) is 12.4. The highest BCUT2D eigenvalue weighted by molar-refractivity contribution is 6.00. The molecule has 0 radical (unpaired) electrons. The first-order chi connectivity index (χ1) is 8.13. The molecular weight excluding hydrogens is 223 g/mol. The molecule has 17 heavy (non-hydrogen) atoms. The van der Waals surface area contributed by atoms with Crippen molar-refractivity contribution >= 4 is 5.78 Å². The van der Waals surface area contributed by atoms with Crippen LogP contribution in [0.3, 0.4) is 0 Å². The fraction of sp³-hybridized carbons (Fsp3) is 0.462. The van der Waals surface area contributed by atoms with Crippen molar-refractivity contribution in [2.24, 2.45) is 5.92 Å². The van der Waals surface area contributed by atoms with Crippen molar-refractivity contribution in [2.45, 2.75) is 19.4 Å². The third-order valence-corrected chi connectivity index (χ3v) is 3.09. The van der Waals surface area contributed by atoms with Crippen LogP contribution >= 0.6 is 0 Å². The van der Waals surface area contributed by atoms with Gasteiger partial charge in [-0.25, -0.2) is 4.39 Å². The normalized spacial score (nSPS) is 23.7. The van der Waals surface area contributed by atoms with Crippen molar-refractivity contribution in [3.8, 4) is 5.75 Å². The van der Waals surface area contributed by atoms with Gasteiger partial charge >= 0.3 is 0 Å². The molecule has 0 amide bonds. The molecule has 1 aromatic carbocycles. The number of Topliss-reactive ketones (excluding diaryl/α,β-unsaturated/α-hetero) is 1. The largest absolute Gasteiger partial charge is 0.497 e. The van der Waals surface area contributed by atoms with Crippen molar-refractivity contribution in [2.75, 3.05) is 13.7 Å². The van der Waals surface area contributed by atoms with E-state index in [0.29, 0.717) is 12.4 Å². The van der Waals surface area contributed by atoms with Crippen LogP contribution in [0.1, 0.15) is 23.7 Å². The van der Waals surface area contributed by atoms with E-state index in [2.05, 4.69) is 0 Å². The second-order valence-corrected chi connectivity index (χ2v) is 4.27. The van der Waals surface area contributed by atoms with Crippen molar-refractivity contribution in [3.63, 3.8) is 0 Å². The summed E-state index contributed by atoms with van der Waals surface area (Å²) in [4.78, 5) is 12.1. The lowest BCUT2D eigenvalue weighted by Gasteiger charge is -2.14. The molecule has 2 atom stereocenters. The predicted molar refractivity (Wildman–Crippen MR) is 60.8 cm³/mol. The number of benzene rings is 1. The second kappa shape index (κ2) is 4.84. The summed E-state index contributed by atoms with van der Waals surface area (Å²) in [6, 6.07) is 4.24. The molecule has 0 saturated carbocycles. The fourth-order valence-electron chi connectivity index (χ4n) is 2.01. The second-order valence-electron chi connectivity index (χ2n) is 4.27. The van der Waals surface area contributed by atoms with E-state index in [4.69, 9.17) is 9.47 Å². The maximum atomic E-state index is 13.7. The highest BCUT2D eigenvalue weighted by Gasteiger charge is 2.32. The lowest BCUT2D eigenvalue weighted by atomic mass is 9.96. The van der Waals surface area contributed by atoms with Crippen LogP contribution in [0.2, 0.25) is 0 Å². The Hall–Kier alpha value is -1.42. The Balaban J connectivity index is 2.25. The maximum Gasteiger partial charge on any atom is 0.194 e. The van der Waals surface area contributed by atoms with Gasteiger partial charge in [-0.1, -0.05) is 6.92 Å². The molecule has 1 heterocycles. The Bertz CT molecular complexity index is 431. The van der Waals surface area contributed by atoms with E-state index in [9.17, 15) is 9.18 Å². The van der Waals surface area contributed by atoms with Crippen LogP contribution in [0.15, 0.2) is 18.2 Å². The van der Waals surface area contributed by atoms with E-state index in [1.807, 2.05) is 6.92 Å². The van der Waals surface area contributed by atoms with Gasteiger partial charge in [0, 0.05) is 12.7 Å². The molecular formula is C13H15FO3. The van der Waals surface area contributed by atoms with Crippen molar-refractivity contribution in [1.29, 1.82) is 0 Å². The van der Waals surface area contributed by atoms with E-state index in [0.717, 1.165) is 6.42 Å². The summed E-state index contributed by atoms with van der Waals surface area (Å²) in [5.74, 6) is -0.296. The molecule has 1 saturated heterocycles. The molecule has 2 unspecified atom stereocenters. The number of methoxy groups -OCH3 is 1. The first-order valence-corrected chi connectivity index (χ1v) is 5.63. The maximum absolute atomic E-state index is 13.7. The molecule has 1 fully saturated rings. The molecule has 4 heteroatoms. The molecule has 0 bridgehead atoms. The summed E-state index contributed by atoms with van der Waals surface area (Å²) >= 11 is 0. The molecule has 0 N–H and O–H groups in total. The monoisotopic (exact) mass is 238 g/mol. The molecule has 1 aliphatic heterocycles. The third kappa shape index (κ3) is 2.31. The van der Waals surface area contributed by atoms with Gasteiger partial charge in [0.25, 0.3) is 0 Å². The van der Waals surface area contributed by atoms with Gasteiger partial charge in [0.1, 0.15) is 17.7 Å². The highest BCUT2D eigenvalue weighted by Crippen LogP contribution is 2.25. The van der Waals surface area contributed by atoms with Crippen LogP contribution in [-0.2, 0) is 4.74 Å². The Labute approximate surface area is 99.5 Å². The van der Waals surface area contributed by atoms with E-state index >= 15 is 0 Å².